The highest BCUT2D eigenvalue weighted by molar-refractivity contribution is 4.96. The molecule has 0 amide bonds. The summed E-state index contributed by atoms with van der Waals surface area (Å²) in [6.07, 6.45) is 10.5. The van der Waals surface area contributed by atoms with Crippen molar-refractivity contribution in [1.29, 1.82) is 0 Å². The van der Waals surface area contributed by atoms with E-state index in [-0.39, 0.29) is 0 Å². The van der Waals surface area contributed by atoms with Crippen LogP contribution in [-0.2, 0) is 0 Å². The predicted molar refractivity (Wildman–Crippen MR) is 81.7 cm³/mol. The molecule has 2 heterocycles. The Hall–Kier alpha value is -0.0800. The van der Waals surface area contributed by atoms with Gasteiger partial charge in [0.05, 0.1) is 0 Å². The monoisotopic (exact) mass is 264 g/mol. The average Bonchev–Trinajstić information content (AvgIpc) is 3.02. The molecule has 4 atom stereocenters. The Kier molecular flexibility index (Phi) is 5.70. The van der Waals surface area contributed by atoms with Crippen LogP contribution in [0.4, 0.5) is 0 Å². The molecular formula is C17H32N2. The fraction of sp³-hybridized carbons (Fsp3) is 0.941. The van der Waals surface area contributed by atoms with E-state index in [0.717, 1.165) is 24.2 Å². The van der Waals surface area contributed by atoms with Gasteiger partial charge in [0.1, 0.15) is 6.67 Å². The third kappa shape index (κ3) is 3.16. The minimum absolute atomic E-state index is 0.737. The van der Waals surface area contributed by atoms with Crippen LogP contribution in [0.1, 0.15) is 79.1 Å². The van der Waals surface area contributed by atoms with Gasteiger partial charge >= 0.3 is 0 Å². The summed E-state index contributed by atoms with van der Waals surface area (Å²) in [6, 6.07) is 2.95. The Labute approximate surface area is 120 Å². The van der Waals surface area contributed by atoms with E-state index in [4.69, 9.17) is 0 Å². The first-order valence-corrected chi connectivity index (χ1v) is 8.57. The van der Waals surface area contributed by atoms with Gasteiger partial charge in [-0.3, -0.25) is 9.80 Å². The Morgan fingerprint density at radius 3 is 1.11 bits per heavy atom. The molecule has 2 rings (SSSR count). The summed E-state index contributed by atoms with van der Waals surface area (Å²) in [5.74, 6) is 0. The molecule has 2 saturated heterocycles. The summed E-state index contributed by atoms with van der Waals surface area (Å²) < 4.78 is 0. The van der Waals surface area contributed by atoms with E-state index in [1.807, 2.05) is 0 Å². The lowest BCUT2D eigenvalue weighted by Gasteiger charge is -2.36. The number of hydrogen-bond acceptors (Lipinski definition) is 2. The van der Waals surface area contributed by atoms with E-state index in [0.29, 0.717) is 0 Å². The number of hydrogen-bond donors (Lipinski definition) is 0. The van der Waals surface area contributed by atoms with Crippen LogP contribution in [0, 0.1) is 6.67 Å². The SMILES string of the molecule is CC[C@H]1CC[C@H](CC)N1[C]N1[C@@H](CC)CC[C@@H]1CC. The Balaban J connectivity index is 2.03. The summed E-state index contributed by atoms with van der Waals surface area (Å²) in [4.78, 5) is 5.19. The summed E-state index contributed by atoms with van der Waals surface area (Å²) in [5.41, 5.74) is 0. The molecule has 2 aliphatic rings. The van der Waals surface area contributed by atoms with Crippen molar-refractivity contribution in [1.82, 2.24) is 9.80 Å². The smallest absolute Gasteiger partial charge is 0.147 e. The second kappa shape index (κ2) is 7.08. The highest BCUT2D eigenvalue weighted by Gasteiger charge is 2.38. The van der Waals surface area contributed by atoms with E-state index in [9.17, 15) is 0 Å². The predicted octanol–water partition coefficient (Wildman–Crippen LogP) is 4.29. The zero-order valence-corrected chi connectivity index (χ0v) is 13.4. The van der Waals surface area contributed by atoms with Crippen molar-refractivity contribution >= 4 is 0 Å². The van der Waals surface area contributed by atoms with E-state index in [1.54, 1.807) is 0 Å². The maximum atomic E-state index is 3.85. The maximum Gasteiger partial charge on any atom is 0.147 e. The maximum absolute atomic E-state index is 3.85. The fourth-order valence-electron chi connectivity index (χ4n) is 3.99. The molecule has 0 aromatic carbocycles. The van der Waals surface area contributed by atoms with E-state index in [1.165, 1.54) is 51.4 Å². The Bertz CT molecular complexity index is 216. The largest absolute Gasteiger partial charge is 0.274 e. The molecule has 0 N–H and O–H groups in total. The average molecular weight is 264 g/mol. The molecule has 0 aliphatic carbocycles. The normalized spacial score (nSPS) is 37.3. The van der Waals surface area contributed by atoms with Gasteiger partial charge in [0.2, 0.25) is 0 Å². The van der Waals surface area contributed by atoms with Gasteiger partial charge in [0, 0.05) is 24.2 Å². The molecule has 2 radical (unpaired) electrons. The van der Waals surface area contributed by atoms with Gasteiger partial charge in [-0.05, 0) is 51.4 Å². The Morgan fingerprint density at radius 2 is 0.895 bits per heavy atom. The molecule has 0 bridgehead atoms. The lowest BCUT2D eigenvalue weighted by Crippen LogP contribution is -2.44. The summed E-state index contributed by atoms with van der Waals surface area (Å²) in [6.45, 7) is 13.2. The van der Waals surface area contributed by atoms with Gasteiger partial charge in [0.15, 0.2) is 0 Å². The molecule has 0 aromatic heterocycles. The van der Waals surface area contributed by atoms with Crippen LogP contribution in [0.15, 0.2) is 0 Å². The van der Waals surface area contributed by atoms with Crippen LogP contribution in [0.2, 0.25) is 0 Å². The van der Waals surface area contributed by atoms with Gasteiger partial charge in [0.25, 0.3) is 0 Å². The summed E-state index contributed by atoms with van der Waals surface area (Å²) in [5, 5.41) is 0. The van der Waals surface area contributed by atoms with Crippen molar-refractivity contribution in [2.75, 3.05) is 0 Å². The standard InChI is InChI=1S/C17H32N2/c1-5-14-9-10-15(6-2)18(14)13-19-16(7-3)11-12-17(19)8-4/h14-17H,5-12H2,1-4H3/t14-,15-,16-,17-/m0/s1. The van der Waals surface area contributed by atoms with Crippen molar-refractivity contribution in [2.45, 2.75) is 103 Å². The molecule has 0 unspecified atom stereocenters. The van der Waals surface area contributed by atoms with E-state index >= 15 is 0 Å². The van der Waals surface area contributed by atoms with E-state index in [2.05, 4.69) is 44.2 Å². The third-order valence-corrected chi connectivity index (χ3v) is 5.36. The van der Waals surface area contributed by atoms with Crippen LogP contribution in [0.25, 0.3) is 0 Å². The molecule has 2 aliphatic heterocycles. The second-order valence-electron chi connectivity index (χ2n) is 6.32. The van der Waals surface area contributed by atoms with Crippen molar-refractivity contribution in [3.05, 3.63) is 6.67 Å². The van der Waals surface area contributed by atoms with Gasteiger partial charge in [-0.2, -0.15) is 0 Å². The van der Waals surface area contributed by atoms with Crippen LogP contribution in [-0.4, -0.2) is 34.0 Å². The minimum Gasteiger partial charge on any atom is -0.274 e. The van der Waals surface area contributed by atoms with Crippen molar-refractivity contribution in [2.24, 2.45) is 0 Å². The van der Waals surface area contributed by atoms with E-state index < -0.39 is 0 Å². The lowest BCUT2D eigenvalue weighted by molar-refractivity contribution is 0.107. The van der Waals surface area contributed by atoms with Crippen molar-refractivity contribution < 1.29 is 0 Å². The minimum atomic E-state index is 0.737. The third-order valence-electron chi connectivity index (χ3n) is 5.36. The van der Waals surface area contributed by atoms with Crippen LogP contribution in [0.3, 0.4) is 0 Å². The Morgan fingerprint density at radius 1 is 0.632 bits per heavy atom. The van der Waals surface area contributed by atoms with Crippen molar-refractivity contribution in [3.8, 4) is 0 Å². The first-order chi connectivity index (χ1) is 9.24. The molecule has 110 valence electrons. The molecule has 2 heteroatoms. The molecule has 0 saturated carbocycles. The van der Waals surface area contributed by atoms with Crippen LogP contribution < -0.4 is 0 Å². The van der Waals surface area contributed by atoms with Gasteiger partial charge < -0.3 is 0 Å². The molecule has 2 nitrogen and oxygen atoms in total. The van der Waals surface area contributed by atoms with Crippen LogP contribution in [0.5, 0.6) is 0 Å². The molecule has 19 heavy (non-hydrogen) atoms. The lowest BCUT2D eigenvalue weighted by atomic mass is 10.1. The number of rotatable bonds is 6. The van der Waals surface area contributed by atoms with Gasteiger partial charge in [-0.15, -0.1) is 0 Å². The number of nitrogens with zero attached hydrogens (tertiary/aromatic N) is 2. The topological polar surface area (TPSA) is 6.48 Å². The fourth-order valence-corrected chi connectivity index (χ4v) is 3.99. The highest BCUT2D eigenvalue weighted by atomic mass is 15.4. The summed E-state index contributed by atoms with van der Waals surface area (Å²) in [7, 11) is 0. The first kappa shape index (κ1) is 15.3. The van der Waals surface area contributed by atoms with Gasteiger partial charge in [-0.1, -0.05) is 27.7 Å². The zero-order chi connectivity index (χ0) is 13.8. The molecule has 2 fully saturated rings. The van der Waals surface area contributed by atoms with Crippen LogP contribution >= 0.6 is 0 Å². The zero-order valence-electron chi connectivity index (χ0n) is 13.4. The second-order valence-corrected chi connectivity index (χ2v) is 6.32. The first-order valence-electron chi connectivity index (χ1n) is 8.57. The number of likely N-dealkylation sites (tertiary alicyclic amines) is 2. The van der Waals surface area contributed by atoms with Crippen molar-refractivity contribution in [3.63, 3.8) is 0 Å². The molecular weight excluding hydrogens is 232 g/mol. The van der Waals surface area contributed by atoms with Gasteiger partial charge in [-0.25, -0.2) is 0 Å². The molecule has 0 spiro atoms. The summed E-state index contributed by atoms with van der Waals surface area (Å²) >= 11 is 0. The molecule has 0 aromatic rings. The quantitative estimate of drug-likeness (QED) is 0.706. The highest BCUT2D eigenvalue weighted by Crippen LogP contribution is 2.35.